The zero-order chi connectivity index (χ0) is 11.5. The minimum absolute atomic E-state index is 0.748. The highest BCUT2D eigenvalue weighted by Gasteiger charge is 2.15. The molecular weight excluding hydrogens is 200 g/mol. The molecule has 0 spiro atoms. The zero-order valence-corrected chi connectivity index (χ0v) is 9.79. The van der Waals surface area contributed by atoms with Crippen molar-refractivity contribution in [1.29, 1.82) is 5.26 Å². The van der Waals surface area contributed by atoms with Crippen LogP contribution >= 0.6 is 0 Å². The average molecular weight is 216 g/mol. The maximum Gasteiger partial charge on any atom is 0.101 e. The van der Waals surface area contributed by atoms with E-state index in [0.29, 0.717) is 0 Å². The Morgan fingerprint density at radius 3 is 2.44 bits per heavy atom. The van der Waals surface area contributed by atoms with E-state index in [1.54, 1.807) is 0 Å². The van der Waals surface area contributed by atoms with Crippen molar-refractivity contribution in [3.8, 4) is 6.07 Å². The van der Waals surface area contributed by atoms with Crippen LogP contribution in [0, 0.1) is 25.2 Å². The summed E-state index contributed by atoms with van der Waals surface area (Å²) in [4.78, 5) is 2.23. The summed E-state index contributed by atoms with van der Waals surface area (Å²) in [6.45, 7) is 7.36. The normalized spacial score (nSPS) is 15.9. The molecule has 2 rings (SSSR count). The SMILES string of the molecule is Cc1cc(C#N)c(N2CCOCC2)cc1C. The van der Waals surface area contributed by atoms with E-state index in [-0.39, 0.29) is 0 Å². The van der Waals surface area contributed by atoms with Gasteiger partial charge in [0.1, 0.15) is 6.07 Å². The lowest BCUT2D eigenvalue weighted by Crippen LogP contribution is -2.36. The van der Waals surface area contributed by atoms with Crippen LogP contribution in [-0.4, -0.2) is 26.3 Å². The van der Waals surface area contributed by atoms with Gasteiger partial charge in [0.2, 0.25) is 0 Å². The minimum atomic E-state index is 0.748. The van der Waals surface area contributed by atoms with E-state index in [0.717, 1.165) is 37.6 Å². The molecule has 3 heteroatoms. The highest BCUT2D eigenvalue weighted by atomic mass is 16.5. The lowest BCUT2D eigenvalue weighted by atomic mass is 10.0. The molecule has 0 unspecified atom stereocenters. The van der Waals surface area contributed by atoms with Crippen molar-refractivity contribution in [3.05, 3.63) is 28.8 Å². The molecule has 0 N–H and O–H groups in total. The number of morpholine rings is 1. The maximum atomic E-state index is 9.16. The fourth-order valence-corrected chi connectivity index (χ4v) is 1.96. The van der Waals surface area contributed by atoms with Crippen LogP contribution in [0.4, 0.5) is 5.69 Å². The van der Waals surface area contributed by atoms with Crippen molar-refractivity contribution in [3.63, 3.8) is 0 Å². The van der Waals surface area contributed by atoms with Gasteiger partial charge in [-0.2, -0.15) is 5.26 Å². The van der Waals surface area contributed by atoms with E-state index >= 15 is 0 Å². The molecule has 0 radical (unpaired) electrons. The lowest BCUT2D eigenvalue weighted by molar-refractivity contribution is 0.122. The molecule has 84 valence electrons. The summed E-state index contributed by atoms with van der Waals surface area (Å²) < 4.78 is 5.32. The third-order valence-electron chi connectivity index (χ3n) is 3.08. The summed E-state index contributed by atoms with van der Waals surface area (Å²) >= 11 is 0. The topological polar surface area (TPSA) is 36.3 Å². The molecule has 0 amide bonds. The molecule has 1 aliphatic rings. The van der Waals surface area contributed by atoms with E-state index in [9.17, 15) is 0 Å². The van der Waals surface area contributed by atoms with Crippen molar-refractivity contribution in [1.82, 2.24) is 0 Å². The Bertz CT molecular complexity index is 428. The molecule has 0 aromatic heterocycles. The summed E-state index contributed by atoms with van der Waals surface area (Å²) in [5.74, 6) is 0. The van der Waals surface area contributed by atoms with Gasteiger partial charge in [0.05, 0.1) is 24.5 Å². The molecular formula is C13H16N2O. The minimum Gasteiger partial charge on any atom is -0.378 e. The van der Waals surface area contributed by atoms with Crippen LogP contribution in [0.15, 0.2) is 12.1 Å². The third-order valence-corrected chi connectivity index (χ3v) is 3.08. The molecule has 1 saturated heterocycles. The number of benzene rings is 1. The summed E-state index contributed by atoms with van der Waals surface area (Å²) in [5.41, 5.74) is 4.23. The van der Waals surface area contributed by atoms with Gasteiger partial charge in [-0.3, -0.25) is 0 Å². The smallest absolute Gasteiger partial charge is 0.101 e. The van der Waals surface area contributed by atoms with Crippen LogP contribution in [0.1, 0.15) is 16.7 Å². The van der Waals surface area contributed by atoms with E-state index in [2.05, 4.69) is 24.0 Å². The van der Waals surface area contributed by atoms with Crippen molar-refractivity contribution < 1.29 is 4.74 Å². The molecule has 0 atom stereocenters. The standard InChI is InChI=1S/C13H16N2O/c1-10-7-12(9-14)13(8-11(10)2)15-3-5-16-6-4-15/h7-8H,3-6H2,1-2H3. The van der Waals surface area contributed by atoms with Crippen LogP contribution < -0.4 is 4.90 Å². The van der Waals surface area contributed by atoms with Gasteiger partial charge in [0.15, 0.2) is 0 Å². The van der Waals surface area contributed by atoms with Crippen molar-refractivity contribution in [2.75, 3.05) is 31.2 Å². The third kappa shape index (κ3) is 2.02. The highest BCUT2D eigenvalue weighted by molar-refractivity contribution is 5.62. The summed E-state index contributed by atoms with van der Waals surface area (Å²) in [6.07, 6.45) is 0. The van der Waals surface area contributed by atoms with Crippen molar-refractivity contribution >= 4 is 5.69 Å². The first-order chi connectivity index (χ1) is 7.72. The van der Waals surface area contributed by atoms with Gasteiger partial charge in [-0.05, 0) is 37.1 Å². The molecule has 1 heterocycles. The van der Waals surface area contributed by atoms with Crippen LogP contribution in [0.5, 0.6) is 0 Å². The molecule has 0 bridgehead atoms. The first-order valence-electron chi connectivity index (χ1n) is 5.56. The van der Waals surface area contributed by atoms with Crippen LogP contribution in [-0.2, 0) is 4.74 Å². The fourth-order valence-electron chi connectivity index (χ4n) is 1.96. The molecule has 0 aliphatic carbocycles. The Labute approximate surface area is 96.2 Å². The largest absolute Gasteiger partial charge is 0.378 e. The zero-order valence-electron chi connectivity index (χ0n) is 9.79. The van der Waals surface area contributed by atoms with Gasteiger partial charge in [0.25, 0.3) is 0 Å². The first-order valence-corrected chi connectivity index (χ1v) is 5.56. The Kier molecular flexibility index (Phi) is 3.12. The summed E-state index contributed by atoms with van der Waals surface area (Å²) in [6, 6.07) is 6.36. The van der Waals surface area contributed by atoms with Crippen LogP contribution in [0.3, 0.4) is 0 Å². The number of anilines is 1. The van der Waals surface area contributed by atoms with Crippen molar-refractivity contribution in [2.45, 2.75) is 13.8 Å². The number of nitrogens with zero attached hydrogens (tertiary/aromatic N) is 2. The van der Waals surface area contributed by atoms with Crippen LogP contribution in [0.2, 0.25) is 0 Å². The van der Waals surface area contributed by atoms with Gasteiger partial charge >= 0.3 is 0 Å². The highest BCUT2D eigenvalue weighted by Crippen LogP contribution is 2.24. The van der Waals surface area contributed by atoms with Crippen molar-refractivity contribution in [2.24, 2.45) is 0 Å². The quantitative estimate of drug-likeness (QED) is 0.720. The molecule has 1 aliphatic heterocycles. The van der Waals surface area contributed by atoms with Gasteiger partial charge in [0, 0.05) is 13.1 Å². The molecule has 1 aromatic rings. The predicted molar refractivity (Wildman–Crippen MR) is 63.7 cm³/mol. The van der Waals surface area contributed by atoms with Gasteiger partial charge in [-0.25, -0.2) is 0 Å². The maximum absolute atomic E-state index is 9.16. The average Bonchev–Trinajstić information content (AvgIpc) is 2.33. The molecule has 16 heavy (non-hydrogen) atoms. The van der Waals surface area contributed by atoms with Gasteiger partial charge in [-0.1, -0.05) is 0 Å². The Morgan fingerprint density at radius 1 is 1.19 bits per heavy atom. The molecule has 0 saturated carbocycles. The second-order valence-electron chi connectivity index (χ2n) is 4.16. The molecule has 3 nitrogen and oxygen atoms in total. The monoisotopic (exact) mass is 216 g/mol. The second-order valence-corrected chi connectivity index (χ2v) is 4.16. The van der Waals surface area contributed by atoms with Crippen LogP contribution in [0.25, 0.3) is 0 Å². The first kappa shape index (κ1) is 11.0. The Morgan fingerprint density at radius 2 is 1.81 bits per heavy atom. The number of aryl methyl sites for hydroxylation is 2. The molecule has 1 aromatic carbocycles. The fraction of sp³-hybridized carbons (Fsp3) is 0.462. The number of rotatable bonds is 1. The van der Waals surface area contributed by atoms with Gasteiger partial charge < -0.3 is 9.64 Å². The summed E-state index contributed by atoms with van der Waals surface area (Å²) in [5, 5.41) is 9.16. The van der Waals surface area contributed by atoms with E-state index in [4.69, 9.17) is 10.00 Å². The number of hydrogen-bond donors (Lipinski definition) is 0. The number of ether oxygens (including phenoxy) is 1. The number of nitriles is 1. The van der Waals surface area contributed by atoms with E-state index < -0.39 is 0 Å². The van der Waals surface area contributed by atoms with Gasteiger partial charge in [-0.15, -0.1) is 0 Å². The predicted octanol–water partition coefficient (Wildman–Crippen LogP) is 2.01. The van der Waals surface area contributed by atoms with E-state index in [1.165, 1.54) is 11.1 Å². The Hall–Kier alpha value is -1.53. The lowest BCUT2D eigenvalue weighted by Gasteiger charge is -2.30. The number of hydrogen-bond acceptors (Lipinski definition) is 3. The van der Waals surface area contributed by atoms with E-state index in [1.807, 2.05) is 13.0 Å². The Balaban J connectivity index is 2.38. The summed E-state index contributed by atoms with van der Waals surface area (Å²) in [7, 11) is 0. The molecule has 1 fully saturated rings. The second kappa shape index (κ2) is 4.54.